The number of rotatable bonds is 8. The van der Waals surface area contributed by atoms with Crippen molar-refractivity contribution in [1.82, 2.24) is 4.90 Å². The van der Waals surface area contributed by atoms with Crippen LogP contribution in [0.15, 0.2) is 24.3 Å². The Morgan fingerprint density at radius 1 is 1.23 bits per heavy atom. The maximum atomic E-state index is 12.0. The molecule has 0 radical (unpaired) electrons. The number of aliphatic hydroxyl groups excluding tert-OH is 2. The smallest absolute Gasteiger partial charge is 0.238 e. The molecule has 0 unspecified atom stereocenters. The van der Waals surface area contributed by atoms with Crippen molar-refractivity contribution < 1.29 is 15.0 Å². The zero-order valence-corrected chi connectivity index (χ0v) is 14.0. The monoisotopic (exact) mass is 308 g/mol. The van der Waals surface area contributed by atoms with E-state index in [0.29, 0.717) is 12.5 Å². The van der Waals surface area contributed by atoms with Crippen LogP contribution in [0.3, 0.4) is 0 Å². The highest BCUT2D eigenvalue weighted by Gasteiger charge is 2.25. The van der Waals surface area contributed by atoms with Crippen LogP contribution in [0.1, 0.15) is 32.3 Å². The summed E-state index contributed by atoms with van der Waals surface area (Å²) in [4.78, 5) is 13.8. The van der Waals surface area contributed by atoms with E-state index in [2.05, 4.69) is 19.2 Å². The normalized spacial score (nSPS) is 12.0. The van der Waals surface area contributed by atoms with Gasteiger partial charge in [0, 0.05) is 17.6 Å². The van der Waals surface area contributed by atoms with Gasteiger partial charge in [0.1, 0.15) is 0 Å². The SMILES string of the molecule is CC(C)c1ccc(NC(=O)CN(C)CC(C)(CO)CO)cc1. The molecule has 3 N–H and O–H groups in total. The molecule has 1 amide bonds. The van der Waals surface area contributed by atoms with Gasteiger partial charge in [0.15, 0.2) is 0 Å². The van der Waals surface area contributed by atoms with Gasteiger partial charge in [-0.05, 0) is 30.7 Å². The number of nitrogens with one attached hydrogen (secondary N) is 1. The van der Waals surface area contributed by atoms with Crippen LogP contribution in [0.2, 0.25) is 0 Å². The van der Waals surface area contributed by atoms with Crippen molar-refractivity contribution >= 4 is 11.6 Å². The number of likely N-dealkylation sites (N-methyl/N-ethyl adjacent to an activating group) is 1. The van der Waals surface area contributed by atoms with E-state index in [4.69, 9.17) is 0 Å². The number of hydrogen-bond acceptors (Lipinski definition) is 4. The van der Waals surface area contributed by atoms with E-state index in [-0.39, 0.29) is 25.7 Å². The van der Waals surface area contributed by atoms with E-state index < -0.39 is 5.41 Å². The van der Waals surface area contributed by atoms with Crippen LogP contribution < -0.4 is 5.32 Å². The quantitative estimate of drug-likeness (QED) is 0.683. The fraction of sp³-hybridized carbons (Fsp3) is 0.588. The number of carbonyl (C=O) groups is 1. The molecule has 0 spiro atoms. The summed E-state index contributed by atoms with van der Waals surface area (Å²) in [5.74, 6) is 0.351. The molecule has 0 fully saturated rings. The van der Waals surface area contributed by atoms with Crippen molar-refractivity contribution in [3.63, 3.8) is 0 Å². The Morgan fingerprint density at radius 3 is 2.23 bits per heavy atom. The van der Waals surface area contributed by atoms with Crippen LogP contribution in [0.25, 0.3) is 0 Å². The van der Waals surface area contributed by atoms with Gasteiger partial charge < -0.3 is 15.5 Å². The largest absolute Gasteiger partial charge is 0.396 e. The van der Waals surface area contributed by atoms with E-state index in [1.54, 1.807) is 18.9 Å². The first-order valence-electron chi connectivity index (χ1n) is 7.60. The molecule has 22 heavy (non-hydrogen) atoms. The molecule has 0 heterocycles. The van der Waals surface area contributed by atoms with Crippen molar-refractivity contribution in [2.24, 2.45) is 5.41 Å². The Morgan fingerprint density at radius 2 is 1.77 bits per heavy atom. The summed E-state index contributed by atoms with van der Waals surface area (Å²) in [7, 11) is 1.80. The second-order valence-corrected chi connectivity index (χ2v) is 6.62. The first-order chi connectivity index (χ1) is 10.3. The van der Waals surface area contributed by atoms with E-state index >= 15 is 0 Å². The molecule has 0 aliphatic carbocycles. The van der Waals surface area contributed by atoms with E-state index in [1.807, 2.05) is 24.3 Å². The fourth-order valence-corrected chi connectivity index (χ4v) is 2.25. The third kappa shape index (κ3) is 5.75. The summed E-state index contributed by atoms with van der Waals surface area (Å²) >= 11 is 0. The lowest BCUT2D eigenvalue weighted by Gasteiger charge is -2.29. The predicted molar refractivity (Wildman–Crippen MR) is 88.9 cm³/mol. The molecular weight excluding hydrogens is 280 g/mol. The Kier molecular flexibility index (Phi) is 7.00. The topological polar surface area (TPSA) is 72.8 Å². The first kappa shape index (κ1) is 18.6. The molecule has 1 aromatic carbocycles. The van der Waals surface area contributed by atoms with E-state index in [1.165, 1.54) is 5.56 Å². The summed E-state index contributed by atoms with van der Waals surface area (Å²) in [6, 6.07) is 7.83. The van der Waals surface area contributed by atoms with Gasteiger partial charge in [0.05, 0.1) is 19.8 Å². The lowest BCUT2D eigenvalue weighted by atomic mass is 9.92. The molecule has 5 nitrogen and oxygen atoms in total. The van der Waals surface area contributed by atoms with Gasteiger partial charge in [-0.2, -0.15) is 0 Å². The number of hydrogen-bond donors (Lipinski definition) is 3. The summed E-state index contributed by atoms with van der Waals surface area (Å²) in [5, 5.41) is 21.4. The Bertz CT molecular complexity index is 467. The molecule has 1 rings (SSSR count). The number of nitrogens with zero attached hydrogens (tertiary/aromatic N) is 1. The number of benzene rings is 1. The lowest BCUT2D eigenvalue weighted by molar-refractivity contribution is -0.117. The van der Waals surface area contributed by atoms with Crippen molar-refractivity contribution in [2.45, 2.75) is 26.7 Å². The number of anilines is 1. The van der Waals surface area contributed by atoms with Crippen molar-refractivity contribution in [2.75, 3.05) is 38.7 Å². The minimum absolute atomic E-state index is 0.113. The first-order valence-corrected chi connectivity index (χ1v) is 7.60. The molecule has 0 saturated heterocycles. The zero-order chi connectivity index (χ0) is 16.8. The second-order valence-electron chi connectivity index (χ2n) is 6.62. The van der Waals surface area contributed by atoms with Gasteiger partial charge in [-0.3, -0.25) is 9.69 Å². The Hall–Kier alpha value is -1.43. The predicted octanol–water partition coefficient (Wildman–Crippen LogP) is 1.67. The molecule has 1 aromatic rings. The number of carbonyl (C=O) groups excluding carboxylic acids is 1. The van der Waals surface area contributed by atoms with Gasteiger partial charge >= 0.3 is 0 Å². The third-order valence-corrected chi connectivity index (χ3v) is 3.69. The van der Waals surface area contributed by atoms with Crippen LogP contribution in [-0.2, 0) is 4.79 Å². The standard InChI is InChI=1S/C17H28N2O3/c1-13(2)14-5-7-15(8-6-14)18-16(22)9-19(4)10-17(3,11-20)12-21/h5-8,13,20-21H,9-12H2,1-4H3,(H,18,22). The van der Waals surface area contributed by atoms with Gasteiger partial charge in [-0.1, -0.05) is 32.9 Å². The fourth-order valence-electron chi connectivity index (χ4n) is 2.25. The molecule has 0 saturated carbocycles. The molecule has 124 valence electrons. The highest BCUT2D eigenvalue weighted by Crippen LogP contribution is 2.18. The van der Waals surface area contributed by atoms with E-state index in [9.17, 15) is 15.0 Å². The number of amides is 1. The Balaban J connectivity index is 2.52. The molecule has 5 heteroatoms. The molecule has 0 aromatic heterocycles. The van der Waals surface area contributed by atoms with Gasteiger partial charge in [0.25, 0.3) is 0 Å². The maximum absolute atomic E-state index is 12.0. The molecule has 0 bridgehead atoms. The minimum Gasteiger partial charge on any atom is -0.396 e. The van der Waals surface area contributed by atoms with Crippen LogP contribution in [-0.4, -0.2) is 54.4 Å². The summed E-state index contributed by atoms with van der Waals surface area (Å²) in [6.45, 7) is 6.45. The lowest BCUT2D eigenvalue weighted by Crippen LogP contribution is -2.41. The molecule has 0 atom stereocenters. The van der Waals surface area contributed by atoms with Crippen LogP contribution in [0.4, 0.5) is 5.69 Å². The van der Waals surface area contributed by atoms with Gasteiger partial charge in [0.2, 0.25) is 5.91 Å². The summed E-state index contributed by atoms with van der Waals surface area (Å²) in [5.41, 5.74) is 1.40. The Labute approximate surface area is 133 Å². The van der Waals surface area contributed by atoms with Crippen molar-refractivity contribution in [1.29, 1.82) is 0 Å². The van der Waals surface area contributed by atoms with Crippen LogP contribution in [0, 0.1) is 5.41 Å². The number of aliphatic hydroxyl groups is 2. The molecule has 0 aliphatic heterocycles. The van der Waals surface area contributed by atoms with Gasteiger partial charge in [-0.15, -0.1) is 0 Å². The van der Waals surface area contributed by atoms with Crippen LogP contribution >= 0.6 is 0 Å². The third-order valence-electron chi connectivity index (χ3n) is 3.69. The minimum atomic E-state index is -0.603. The van der Waals surface area contributed by atoms with Crippen molar-refractivity contribution in [3.05, 3.63) is 29.8 Å². The van der Waals surface area contributed by atoms with Crippen molar-refractivity contribution in [3.8, 4) is 0 Å². The van der Waals surface area contributed by atoms with Crippen LogP contribution in [0.5, 0.6) is 0 Å². The summed E-state index contributed by atoms with van der Waals surface area (Å²) < 4.78 is 0. The van der Waals surface area contributed by atoms with E-state index in [0.717, 1.165) is 5.69 Å². The highest BCUT2D eigenvalue weighted by molar-refractivity contribution is 5.92. The molecule has 0 aliphatic rings. The molecular formula is C17H28N2O3. The highest BCUT2D eigenvalue weighted by atomic mass is 16.3. The average Bonchev–Trinajstić information content (AvgIpc) is 2.47. The zero-order valence-electron chi connectivity index (χ0n) is 14.0. The second kappa shape index (κ2) is 8.27. The van der Waals surface area contributed by atoms with Gasteiger partial charge in [-0.25, -0.2) is 0 Å². The average molecular weight is 308 g/mol. The summed E-state index contributed by atoms with van der Waals surface area (Å²) in [6.07, 6.45) is 0. The maximum Gasteiger partial charge on any atom is 0.238 e.